The molecule has 2 rings (SSSR count). The lowest BCUT2D eigenvalue weighted by atomic mass is 9.98. The summed E-state index contributed by atoms with van der Waals surface area (Å²) in [5.41, 5.74) is 2.08. The summed E-state index contributed by atoms with van der Waals surface area (Å²) in [4.78, 5) is 25.3. The number of ether oxygens (including phenoxy) is 1. The van der Waals surface area contributed by atoms with E-state index in [4.69, 9.17) is 4.74 Å². The largest absolute Gasteiger partial charge is 0.466 e. The maximum Gasteiger partial charge on any atom is 0.314 e. The molecule has 2 atom stereocenters. The van der Waals surface area contributed by atoms with Gasteiger partial charge >= 0.3 is 5.97 Å². The fraction of sp³-hybridized carbons (Fsp3) is 0.579. The second-order valence-corrected chi connectivity index (χ2v) is 6.80. The number of esters is 1. The Bertz CT molecular complexity index is 554. The predicted molar refractivity (Wildman–Crippen MR) is 94.1 cm³/mol. The summed E-state index contributed by atoms with van der Waals surface area (Å²) >= 11 is 0. The van der Waals surface area contributed by atoms with Crippen LogP contribution in [-0.4, -0.2) is 38.1 Å². The molecule has 1 aromatic rings. The minimum atomic E-state index is -0.126. The minimum absolute atomic E-state index is 0.00759. The molecule has 0 aliphatic carbocycles. The third kappa shape index (κ3) is 5.34. The summed E-state index contributed by atoms with van der Waals surface area (Å²) in [6.07, 6.45) is 1.82. The molecule has 1 aliphatic rings. The van der Waals surface area contributed by atoms with E-state index in [9.17, 15) is 9.59 Å². The van der Waals surface area contributed by atoms with Crippen molar-refractivity contribution in [1.82, 2.24) is 0 Å². The average Bonchev–Trinajstić information content (AvgIpc) is 2.55. The molecule has 0 spiro atoms. The van der Waals surface area contributed by atoms with Crippen LogP contribution in [0.2, 0.25) is 0 Å². The zero-order valence-corrected chi connectivity index (χ0v) is 14.9. The number of hydrogen-bond donors (Lipinski definition) is 2. The molecule has 1 heterocycles. The van der Waals surface area contributed by atoms with Gasteiger partial charge in [-0.3, -0.25) is 9.59 Å². The molecule has 1 unspecified atom stereocenters. The zero-order chi connectivity index (χ0) is 17.5. The fourth-order valence-corrected chi connectivity index (χ4v) is 3.16. The van der Waals surface area contributed by atoms with Crippen LogP contribution >= 0.6 is 0 Å². The van der Waals surface area contributed by atoms with E-state index in [2.05, 4.69) is 19.2 Å². The van der Waals surface area contributed by atoms with Gasteiger partial charge in [-0.2, -0.15) is 0 Å². The van der Waals surface area contributed by atoms with Crippen LogP contribution in [0.4, 0.5) is 5.69 Å². The molecule has 0 radical (unpaired) electrons. The van der Waals surface area contributed by atoms with Crippen molar-refractivity contribution in [2.24, 2.45) is 5.92 Å². The van der Waals surface area contributed by atoms with Crippen molar-refractivity contribution in [2.45, 2.75) is 39.5 Å². The van der Waals surface area contributed by atoms with Crippen molar-refractivity contribution in [3.63, 3.8) is 0 Å². The summed E-state index contributed by atoms with van der Waals surface area (Å²) in [6.45, 7) is 8.53. The molecule has 2 N–H and O–H groups in total. The van der Waals surface area contributed by atoms with Crippen molar-refractivity contribution in [2.75, 3.05) is 31.6 Å². The maximum absolute atomic E-state index is 12.3. The first-order chi connectivity index (χ1) is 11.5. The first kappa shape index (κ1) is 18.5. The highest BCUT2D eigenvalue weighted by atomic mass is 16.5. The van der Waals surface area contributed by atoms with E-state index >= 15 is 0 Å². The first-order valence-corrected chi connectivity index (χ1v) is 8.89. The van der Waals surface area contributed by atoms with Gasteiger partial charge in [0, 0.05) is 5.69 Å². The zero-order valence-electron chi connectivity index (χ0n) is 14.9. The normalized spacial score (nSPS) is 20.7. The van der Waals surface area contributed by atoms with Gasteiger partial charge < -0.3 is 15.0 Å². The molecular formula is C19H29N2O3+. The molecule has 0 saturated carbocycles. The number of nitrogens with one attached hydrogen (secondary N) is 2. The summed E-state index contributed by atoms with van der Waals surface area (Å²) in [5, 5.41) is 2.95. The van der Waals surface area contributed by atoms with Crippen LogP contribution in [0.25, 0.3) is 0 Å². The van der Waals surface area contributed by atoms with Gasteiger partial charge in [0.25, 0.3) is 5.91 Å². The number of anilines is 1. The van der Waals surface area contributed by atoms with Crippen molar-refractivity contribution in [3.8, 4) is 0 Å². The lowest BCUT2D eigenvalue weighted by Crippen LogP contribution is -3.14. The maximum atomic E-state index is 12.3. The topological polar surface area (TPSA) is 59.8 Å². The predicted octanol–water partition coefficient (Wildman–Crippen LogP) is 1.61. The third-order valence-corrected chi connectivity index (χ3v) is 4.51. The van der Waals surface area contributed by atoms with E-state index in [1.165, 1.54) is 5.56 Å². The Hall–Kier alpha value is -1.88. The number of carbonyl (C=O) groups excluding carboxylic acids is 2. The number of likely N-dealkylation sites (tertiary alicyclic amines) is 1. The molecule has 24 heavy (non-hydrogen) atoms. The average molecular weight is 333 g/mol. The molecule has 1 saturated heterocycles. The highest BCUT2D eigenvalue weighted by Gasteiger charge is 2.30. The number of hydrogen-bond acceptors (Lipinski definition) is 3. The molecule has 1 aliphatic heterocycles. The minimum Gasteiger partial charge on any atom is -0.466 e. The van der Waals surface area contributed by atoms with Crippen LogP contribution in [0, 0.1) is 5.92 Å². The van der Waals surface area contributed by atoms with Crippen LogP contribution in [-0.2, 0) is 14.3 Å². The van der Waals surface area contributed by atoms with Gasteiger partial charge in [-0.15, -0.1) is 0 Å². The van der Waals surface area contributed by atoms with E-state index in [0.717, 1.165) is 30.0 Å². The third-order valence-electron chi connectivity index (χ3n) is 4.51. The Balaban J connectivity index is 1.84. The van der Waals surface area contributed by atoms with Crippen molar-refractivity contribution in [3.05, 3.63) is 29.8 Å². The Labute approximate surface area is 144 Å². The number of piperidine rings is 1. The summed E-state index contributed by atoms with van der Waals surface area (Å²) in [6, 6.07) is 7.98. The van der Waals surface area contributed by atoms with Gasteiger partial charge in [0.15, 0.2) is 6.54 Å². The van der Waals surface area contributed by atoms with Crippen molar-refractivity contribution in [1.29, 1.82) is 0 Å². The smallest absolute Gasteiger partial charge is 0.314 e. The lowest BCUT2D eigenvalue weighted by molar-refractivity contribution is -0.899. The standard InChI is InChI=1S/C19H28N2O3/c1-4-24-19(23)16-6-5-11-21(12-16)13-18(22)20-17-9-7-15(8-10-17)14(2)3/h7-10,14,16H,4-6,11-13H2,1-3H3,(H,20,22)/p+1/t16-/m1/s1. The number of amides is 1. The van der Waals surface area contributed by atoms with Crippen molar-refractivity contribution >= 4 is 17.6 Å². The SMILES string of the molecule is CCOC(=O)[C@@H]1CCC[NH+](CC(=O)Nc2ccc(C(C)C)cc2)C1. The quantitative estimate of drug-likeness (QED) is 0.778. The monoisotopic (exact) mass is 333 g/mol. The summed E-state index contributed by atoms with van der Waals surface area (Å²) in [7, 11) is 0. The Kier molecular flexibility index (Phi) is 6.79. The van der Waals surface area contributed by atoms with E-state index in [1.807, 2.05) is 31.2 Å². The lowest BCUT2D eigenvalue weighted by Gasteiger charge is -2.28. The van der Waals surface area contributed by atoms with Gasteiger partial charge in [-0.05, 0) is 43.4 Å². The molecule has 0 bridgehead atoms. The first-order valence-electron chi connectivity index (χ1n) is 8.89. The fourth-order valence-electron chi connectivity index (χ4n) is 3.16. The second-order valence-electron chi connectivity index (χ2n) is 6.80. The number of quaternary nitrogens is 1. The molecule has 132 valence electrons. The van der Waals surface area contributed by atoms with E-state index in [1.54, 1.807) is 0 Å². The van der Waals surface area contributed by atoms with Crippen molar-refractivity contribution < 1.29 is 19.2 Å². The molecule has 1 amide bonds. The van der Waals surface area contributed by atoms with Gasteiger partial charge in [0.1, 0.15) is 5.92 Å². The Morgan fingerprint density at radius 1 is 1.29 bits per heavy atom. The van der Waals surface area contributed by atoms with Crippen LogP contribution in [0.5, 0.6) is 0 Å². The highest BCUT2D eigenvalue weighted by Crippen LogP contribution is 2.17. The number of rotatable bonds is 6. The molecule has 1 aromatic carbocycles. The van der Waals surface area contributed by atoms with Gasteiger partial charge in [0.05, 0.1) is 19.7 Å². The van der Waals surface area contributed by atoms with Gasteiger partial charge in [-0.1, -0.05) is 26.0 Å². The van der Waals surface area contributed by atoms with Crippen LogP contribution in [0.15, 0.2) is 24.3 Å². The molecule has 0 aromatic heterocycles. The molecule has 5 heteroatoms. The van der Waals surface area contributed by atoms with E-state index in [-0.39, 0.29) is 17.8 Å². The highest BCUT2D eigenvalue weighted by molar-refractivity contribution is 5.91. The van der Waals surface area contributed by atoms with Gasteiger partial charge in [0.2, 0.25) is 0 Å². The van der Waals surface area contributed by atoms with Gasteiger partial charge in [-0.25, -0.2) is 0 Å². The Morgan fingerprint density at radius 3 is 2.62 bits per heavy atom. The number of carbonyl (C=O) groups is 2. The molecule has 1 fully saturated rings. The van der Waals surface area contributed by atoms with E-state index in [0.29, 0.717) is 25.6 Å². The van der Waals surface area contributed by atoms with E-state index < -0.39 is 0 Å². The molecule has 5 nitrogen and oxygen atoms in total. The summed E-state index contributed by atoms with van der Waals surface area (Å²) in [5.74, 6) is 0.269. The summed E-state index contributed by atoms with van der Waals surface area (Å²) < 4.78 is 5.11. The molecular weight excluding hydrogens is 304 g/mol. The number of benzene rings is 1. The van der Waals surface area contributed by atoms with Crippen LogP contribution < -0.4 is 10.2 Å². The second kappa shape index (κ2) is 8.83. The Morgan fingerprint density at radius 2 is 2.00 bits per heavy atom. The van der Waals surface area contributed by atoms with Crippen LogP contribution in [0.3, 0.4) is 0 Å². The van der Waals surface area contributed by atoms with Crippen LogP contribution in [0.1, 0.15) is 45.1 Å².